The van der Waals surface area contributed by atoms with Crippen molar-refractivity contribution in [3.8, 4) is 0 Å². The largest absolute Gasteiger partial charge is 0.511 e. The third-order valence-electron chi connectivity index (χ3n) is 7.95. The number of aliphatic hydroxyl groups is 2. The van der Waals surface area contributed by atoms with E-state index in [-0.39, 0.29) is 42.2 Å². The van der Waals surface area contributed by atoms with Gasteiger partial charge in [0.05, 0.1) is 12.1 Å². The van der Waals surface area contributed by atoms with Crippen molar-refractivity contribution in [3.63, 3.8) is 0 Å². The highest BCUT2D eigenvalue weighted by Gasteiger charge is 2.48. The van der Waals surface area contributed by atoms with Crippen molar-refractivity contribution in [1.82, 2.24) is 16.0 Å². The number of carbonyl (C=O) groups is 2. The summed E-state index contributed by atoms with van der Waals surface area (Å²) < 4.78 is 27.9. The third-order valence-corrected chi connectivity index (χ3v) is 7.95. The van der Waals surface area contributed by atoms with E-state index in [9.17, 15) is 28.6 Å². The smallest absolute Gasteiger partial charge is 0.247 e. The fourth-order valence-electron chi connectivity index (χ4n) is 5.48. The Kier molecular flexibility index (Phi) is 9.94. The molecular formula is C32H39F2N3O4. The van der Waals surface area contributed by atoms with Crippen LogP contribution in [0.5, 0.6) is 0 Å². The fraction of sp³-hybridized carbons (Fsp3) is 0.438. The maximum absolute atomic E-state index is 13.9. The molecule has 0 heterocycles. The Balaban J connectivity index is 1.50. The molecule has 1 fully saturated rings. The minimum atomic E-state index is -1.24. The van der Waals surface area contributed by atoms with E-state index in [1.54, 1.807) is 0 Å². The molecule has 2 aromatic carbocycles. The highest BCUT2D eigenvalue weighted by molar-refractivity contribution is 5.97. The van der Waals surface area contributed by atoms with Gasteiger partial charge in [0.25, 0.3) is 0 Å². The zero-order valence-corrected chi connectivity index (χ0v) is 23.6. The van der Waals surface area contributed by atoms with E-state index in [0.717, 1.165) is 30.9 Å². The van der Waals surface area contributed by atoms with Crippen LogP contribution in [0.3, 0.4) is 0 Å². The van der Waals surface area contributed by atoms with Gasteiger partial charge in [-0.05, 0) is 66.5 Å². The fourth-order valence-corrected chi connectivity index (χ4v) is 5.48. The van der Waals surface area contributed by atoms with E-state index in [0.29, 0.717) is 18.9 Å². The Hall–Kier alpha value is -3.56. The van der Waals surface area contributed by atoms with Crippen molar-refractivity contribution in [2.45, 2.75) is 64.1 Å². The van der Waals surface area contributed by atoms with Gasteiger partial charge >= 0.3 is 0 Å². The summed E-state index contributed by atoms with van der Waals surface area (Å²) in [6.45, 7) is 2.68. The molecule has 0 radical (unpaired) electrons. The van der Waals surface area contributed by atoms with Gasteiger partial charge in [-0.2, -0.15) is 0 Å². The molecule has 0 spiro atoms. The summed E-state index contributed by atoms with van der Waals surface area (Å²) in [5.74, 6) is -2.16. The molecular weight excluding hydrogens is 528 g/mol. The molecule has 0 bridgehead atoms. The van der Waals surface area contributed by atoms with Crippen molar-refractivity contribution in [3.05, 3.63) is 94.3 Å². The van der Waals surface area contributed by atoms with Gasteiger partial charge in [0, 0.05) is 31.8 Å². The van der Waals surface area contributed by atoms with E-state index < -0.39 is 35.1 Å². The van der Waals surface area contributed by atoms with Crippen molar-refractivity contribution < 1.29 is 28.6 Å². The second-order valence-corrected chi connectivity index (χ2v) is 11.2. The average Bonchev–Trinajstić information content (AvgIpc) is 3.76. The summed E-state index contributed by atoms with van der Waals surface area (Å²) in [5, 5.41) is 30.5. The molecule has 220 valence electrons. The number of benzene rings is 2. The molecule has 2 aliphatic carbocycles. The van der Waals surface area contributed by atoms with Crippen LogP contribution in [-0.2, 0) is 29.0 Å². The quantitative estimate of drug-likeness (QED) is 0.251. The monoisotopic (exact) mass is 567 g/mol. The first-order valence-electron chi connectivity index (χ1n) is 14.2. The van der Waals surface area contributed by atoms with Crippen LogP contribution in [0.2, 0.25) is 0 Å². The molecule has 4 rings (SSSR count). The average molecular weight is 568 g/mol. The predicted molar refractivity (Wildman–Crippen MR) is 153 cm³/mol. The SMILES string of the molecule is CCc1cccc(CNC[C@@H](O)[C@H](Cc2cc(F)cc(F)c2)NC(=O)C2=CC=C(O)C(CC3CC3)(C(=O)NC)C2)c1. The van der Waals surface area contributed by atoms with Gasteiger partial charge in [0.1, 0.15) is 22.8 Å². The Labute approximate surface area is 239 Å². The highest BCUT2D eigenvalue weighted by Crippen LogP contribution is 2.48. The van der Waals surface area contributed by atoms with E-state index >= 15 is 0 Å². The highest BCUT2D eigenvalue weighted by atomic mass is 19.1. The predicted octanol–water partition coefficient (Wildman–Crippen LogP) is 4.01. The van der Waals surface area contributed by atoms with Crippen molar-refractivity contribution >= 4 is 11.8 Å². The van der Waals surface area contributed by atoms with E-state index in [1.165, 1.54) is 36.9 Å². The minimum Gasteiger partial charge on any atom is -0.511 e. The van der Waals surface area contributed by atoms with Gasteiger partial charge in [-0.25, -0.2) is 8.78 Å². The molecule has 0 aliphatic heterocycles. The topological polar surface area (TPSA) is 111 Å². The normalized spacial score (nSPS) is 20.0. The Morgan fingerprint density at radius 1 is 1.05 bits per heavy atom. The molecule has 2 amide bonds. The number of carbonyl (C=O) groups excluding carboxylic acids is 2. The lowest BCUT2D eigenvalue weighted by molar-refractivity contribution is -0.131. The number of halogens is 2. The summed E-state index contributed by atoms with van der Waals surface area (Å²) in [6.07, 6.45) is 5.00. The Morgan fingerprint density at radius 3 is 2.41 bits per heavy atom. The first-order chi connectivity index (χ1) is 19.6. The first kappa shape index (κ1) is 30.4. The number of aliphatic hydroxyl groups excluding tert-OH is 2. The van der Waals surface area contributed by atoms with E-state index in [2.05, 4.69) is 28.9 Å². The van der Waals surface area contributed by atoms with Crippen molar-refractivity contribution in [2.24, 2.45) is 11.3 Å². The van der Waals surface area contributed by atoms with Crippen molar-refractivity contribution in [1.29, 1.82) is 0 Å². The summed E-state index contributed by atoms with van der Waals surface area (Å²) >= 11 is 0. The second kappa shape index (κ2) is 13.4. The van der Waals surface area contributed by atoms with Crippen LogP contribution < -0.4 is 16.0 Å². The minimum absolute atomic E-state index is 0.000762. The number of nitrogens with one attached hydrogen (secondary N) is 3. The Bertz CT molecular complexity index is 1300. The number of amides is 2. The number of hydrogen-bond acceptors (Lipinski definition) is 5. The van der Waals surface area contributed by atoms with Gasteiger partial charge in [0.2, 0.25) is 11.8 Å². The van der Waals surface area contributed by atoms with Crippen LogP contribution in [0.4, 0.5) is 8.78 Å². The molecule has 41 heavy (non-hydrogen) atoms. The maximum Gasteiger partial charge on any atom is 0.247 e. The third kappa shape index (κ3) is 7.80. The van der Waals surface area contributed by atoms with Crippen LogP contribution in [0.15, 0.2) is 65.9 Å². The van der Waals surface area contributed by atoms with Crippen LogP contribution in [0, 0.1) is 23.0 Å². The standard InChI is InChI=1S/C32H39F2N3O4/c1-3-20-5-4-6-22(11-20)18-36-19-28(38)27(14-23-12-25(33)15-26(34)13-23)37-30(40)24-9-10-29(39)32(17-24,31(41)35-2)16-21-7-8-21/h4-6,9-13,15,21,27-28,36,38-39H,3,7-8,14,16-19H2,1-2H3,(H,35,41)(H,37,40)/t27-,28+,32?/m0/s1. The van der Waals surface area contributed by atoms with Gasteiger partial charge in [-0.15, -0.1) is 0 Å². The summed E-state index contributed by atoms with van der Waals surface area (Å²) in [4.78, 5) is 26.5. The van der Waals surface area contributed by atoms with Crippen LogP contribution >= 0.6 is 0 Å². The molecule has 7 nitrogen and oxygen atoms in total. The van der Waals surface area contributed by atoms with Crippen molar-refractivity contribution in [2.75, 3.05) is 13.6 Å². The van der Waals surface area contributed by atoms with Crippen LogP contribution in [-0.4, -0.2) is 47.8 Å². The van der Waals surface area contributed by atoms with Gasteiger partial charge in [0.15, 0.2) is 0 Å². The Morgan fingerprint density at radius 2 is 1.76 bits per heavy atom. The lowest BCUT2D eigenvalue weighted by Crippen LogP contribution is -2.50. The van der Waals surface area contributed by atoms with Crippen LogP contribution in [0.1, 0.15) is 49.3 Å². The zero-order chi connectivity index (χ0) is 29.6. The van der Waals surface area contributed by atoms with Gasteiger partial charge in [-0.1, -0.05) is 50.1 Å². The zero-order valence-electron chi connectivity index (χ0n) is 23.6. The first-order valence-corrected chi connectivity index (χ1v) is 14.2. The summed E-state index contributed by atoms with van der Waals surface area (Å²) in [5.41, 5.74) is 1.55. The lowest BCUT2D eigenvalue weighted by Gasteiger charge is -2.35. The van der Waals surface area contributed by atoms with Gasteiger partial charge < -0.3 is 26.2 Å². The van der Waals surface area contributed by atoms with Gasteiger partial charge in [-0.3, -0.25) is 9.59 Å². The van der Waals surface area contributed by atoms with E-state index in [4.69, 9.17) is 0 Å². The number of rotatable bonds is 13. The molecule has 2 aromatic rings. The maximum atomic E-state index is 13.9. The second-order valence-electron chi connectivity index (χ2n) is 11.2. The van der Waals surface area contributed by atoms with Crippen LogP contribution in [0.25, 0.3) is 0 Å². The number of hydrogen-bond donors (Lipinski definition) is 5. The van der Waals surface area contributed by atoms with E-state index in [1.807, 2.05) is 18.2 Å². The molecule has 0 aromatic heterocycles. The molecule has 3 atom stereocenters. The molecule has 1 saturated carbocycles. The summed E-state index contributed by atoms with van der Waals surface area (Å²) in [7, 11) is 1.50. The summed E-state index contributed by atoms with van der Waals surface area (Å²) in [6, 6.07) is 10.3. The number of allylic oxidation sites excluding steroid dienone is 2. The molecule has 2 aliphatic rings. The lowest BCUT2D eigenvalue weighted by atomic mass is 9.71. The number of aryl methyl sites for hydroxylation is 1. The molecule has 1 unspecified atom stereocenters. The molecule has 0 saturated heterocycles. The molecule has 9 heteroatoms. The molecule has 5 N–H and O–H groups in total.